The van der Waals surface area contributed by atoms with E-state index in [2.05, 4.69) is 0 Å². The van der Waals surface area contributed by atoms with Crippen LogP contribution >= 0.6 is 0 Å². The fraction of sp³-hybridized carbons (Fsp3) is 0. The second-order valence-electron chi connectivity index (χ2n) is 0.610. The van der Waals surface area contributed by atoms with E-state index >= 15 is 0 Å². The SMILES string of the molecule is O=C(O)C(=O)O.[LiH].[Zr]. The smallest absolute Gasteiger partial charge is 0 e. The standard InChI is InChI=1S/C2H2O4.Li.Zr.H/c3-1(4)2(5)6;;;/h(H,3,4)(H,5,6);;;. The molecule has 0 unspecified atom stereocenters. The summed E-state index contributed by atoms with van der Waals surface area (Å²) in [5.41, 5.74) is 0. The number of carboxylic acids is 2. The molecule has 0 rings (SSSR count). The fourth-order valence-corrected chi connectivity index (χ4v) is 0. The molecule has 0 aliphatic rings. The van der Waals surface area contributed by atoms with E-state index in [0.717, 1.165) is 0 Å². The Labute approximate surface area is 76.6 Å². The van der Waals surface area contributed by atoms with Gasteiger partial charge in [-0.05, 0) is 0 Å². The Bertz CT molecular complexity index is 80.0. The molecule has 4 nitrogen and oxygen atoms in total. The van der Waals surface area contributed by atoms with Crippen LogP contribution in [0.15, 0.2) is 0 Å². The first-order chi connectivity index (χ1) is 2.64. The maximum Gasteiger partial charge on any atom is 0 e. The van der Waals surface area contributed by atoms with Gasteiger partial charge in [0.05, 0.1) is 0 Å². The van der Waals surface area contributed by atoms with Crippen molar-refractivity contribution in [2.24, 2.45) is 0 Å². The zero-order chi connectivity index (χ0) is 5.15. The molecule has 0 saturated heterocycles. The van der Waals surface area contributed by atoms with Crippen LogP contribution in [0, 0.1) is 0 Å². The van der Waals surface area contributed by atoms with Crippen LogP contribution in [0.2, 0.25) is 0 Å². The summed E-state index contributed by atoms with van der Waals surface area (Å²) < 4.78 is 0. The minimum absolute atomic E-state index is 0. The van der Waals surface area contributed by atoms with Gasteiger partial charge in [0, 0.05) is 26.2 Å². The van der Waals surface area contributed by atoms with Gasteiger partial charge in [-0.2, -0.15) is 0 Å². The average molecular weight is 189 g/mol. The van der Waals surface area contributed by atoms with Crippen molar-refractivity contribution in [3.8, 4) is 0 Å². The zero-order valence-electron chi connectivity index (χ0n) is 3.21. The molecule has 0 aliphatic heterocycles. The van der Waals surface area contributed by atoms with Gasteiger partial charge in [-0.1, -0.05) is 0 Å². The molecule has 0 bridgehead atoms. The summed E-state index contributed by atoms with van der Waals surface area (Å²) in [5.74, 6) is -3.65. The molecule has 0 amide bonds. The van der Waals surface area contributed by atoms with Crippen molar-refractivity contribution in [3.05, 3.63) is 0 Å². The van der Waals surface area contributed by atoms with Gasteiger partial charge in [0.25, 0.3) is 0 Å². The van der Waals surface area contributed by atoms with Crippen LogP contribution in [-0.2, 0) is 35.8 Å². The Morgan fingerprint density at radius 2 is 1.12 bits per heavy atom. The molecule has 0 aromatic carbocycles. The van der Waals surface area contributed by atoms with Crippen molar-refractivity contribution < 1.29 is 46.0 Å². The summed E-state index contributed by atoms with van der Waals surface area (Å²) >= 11 is 0. The fourth-order valence-electron chi connectivity index (χ4n) is 0. The topological polar surface area (TPSA) is 74.6 Å². The molecule has 0 aliphatic carbocycles. The van der Waals surface area contributed by atoms with Gasteiger partial charge in [-0.3, -0.25) is 0 Å². The van der Waals surface area contributed by atoms with Crippen LogP contribution in [0.4, 0.5) is 0 Å². The molecule has 0 radical (unpaired) electrons. The molecule has 0 fully saturated rings. The van der Waals surface area contributed by atoms with Gasteiger partial charge in [-0.15, -0.1) is 0 Å². The summed E-state index contributed by atoms with van der Waals surface area (Å²) in [6.45, 7) is 0. The predicted octanol–water partition coefficient (Wildman–Crippen LogP) is -1.50. The largest absolute Gasteiger partial charge is 0 e. The minimum Gasteiger partial charge on any atom is 0 e. The zero-order valence-corrected chi connectivity index (χ0v) is 5.67. The Morgan fingerprint density at radius 1 is 1.00 bits per heavy atom. The van der Waals surface area contributed by atoms with Gasteiger partial charge in [0.1, 0.15) is 0 Å². The quantitative estimate of drug-likeness (QED) is 0.359. The maximum atomic E-state index is 9.10. The van der Waals surface area contributed by atoms with Crippen molar-refractivity contribution in [1.82, 2.24) is 0 Å². The van der Waals surface area contributed by atoms with E-state index in [1.807, 2.05) is 0 Å². The second-order valence-corrected chi connectivity index (χ2v) is 0.610. The molecule has 8 heavy (non-hydrogen) atoms. The van der Waals surface area contributed by atoms with Crippen LogP contribution in [0.3, 0.4) is 0 Å². The molecule has 0 heterocycles. The first-order valence-electron chi connectivity index (χ1n) is 1.11. The molecule has 6 heteroatoms. The number of carboxylic acid groups (broad SMARTS) is 2. The number of carbonyl (C=O) groups is 2. The monoisotopic (exact) mass is 188 g/mol. The average Bonchev–Trinajstić information content (AvgIpc) is 1.36. The Kier molecular flexibility index (Phi) is 14.6. The first-order valence-corrected chi connectivity index (χ1v) is 1.11. The van der Waals surface area contributed by atoms with Crippen LogP contribution in [0.5, 0.6) is 0 Å². The summed E-state index contributed by atoms with van der Waals surface area (Å²) in [6.07, 6.45) is 0. The van der Waals surface area contributed by atoms with Gasteiger partial charge < -0.3 is 10.2 Å². The molecular formula is C2H3LiO4Zr. The normalized spacial score (nSPS) is 5.50. The third-order valence-electron chi connectivity index (χ3n) is 0.183. The molecule has 0 aromatic heterocycles. The van der Waals surface area contributed by atoms with Gasteiger partial charge in [-0.25, -0.2) is 9.59 Å². The van der Waals surface area contributed by atoms with E-state index in [4.69, 9.17) is 19.8 Å². The van der Waals surface area contributed by atoms with E-state index < -0.39 is 11.9 Å². The van der Waals surface area contributed by atoms with Crippen molar-refractivity contribution >= 4 is 30.8 Å². The summed E-state index contributed by atoms with van der Waals surface area (Å²) in [5, 5.41) is 14.8. The summed E-state index contributed by atoms with van der Waals surface area (Å²) in [7, 11) is 0. The second kappa shape index (κ2) is 7.42. The van der Waals surface area contributed by atoms with E-state index in [9.17, 15) is 0 Å². The van der Waals surface area contributed by atoms with Gasteiger partial charge >= 0.3 is 30.8 Å². The number of hydrogen-bond donors (Lipinski definition) is 2. The third-order valence-corrected chi connectivity index (χ3v) is 0.183. The molecule has 2 N–H and O–H groups in total. The Balaban J connectivity index is -0.000000125. The number of hydrogen-bond acceptors (Lipinski definition) is 2. The van der Waals surface area contributed by atoms with Crippen LogP contribution in [0.1, 0.15) is 0 Å². The van der Waals surface area contributed by atoms with E-state index in [-0.39, 0.29) is 45.1 Å². The van der Waals surface area contributed by atoms with Crippen molar-refractivity contribution in [1.29, 1.82) is 0 Å². The molecule has 40 valence electrons. The van der Waals surface area contributed by atoms with E-state index in [1.165, 1.54) is 0 Å². The van der Waals surface area contributed by atoms with Crippen molar-refractivity contribution in [2.45, 2.75) is 0 Å². The van der Waals surface area contributed by atoms with Crippen LogP contribution in [-0.4, -0.2) is 41.0 Å². The summed E-state index contributed by atoms with van der Waals surface area (Å²) in [4.78, 5) is 18.2. The van der Waals surface area contributed by atoms with E-state index in [0.29, 0.717) is 0 Å². The van der Waals surface area contributed by atoms with Gasteiger partial charge in [0.15, 0.2) is 0 Å². The van der Waals surface area contributed by atoms with Crippen molar-refractivity contribution in [2.75, 3.05) is 0 Å². The Hall–Kier alpha value is 0.421. The molecule has 0 spiro atoms. The first kappa shape index (κ1) is 15.8. The number of aliphatic carboxylic acids is 2. The van der Waals surface area contributed by atoms with Gasteiger partial charge in [0.2, 0.25) is 0 Å². The molecule has 0 aromatic rings. The molecular weight excluding hydrogens is 186 g/mol. The van der Waals surface area contributed by atoms with Crippen molar-refractivity contribution in [3.63, 3.8) is 0 Å². The minimum atomic E-state index is -1.82. The Morgan fingerprint density at radius 3 is 1.12 bits per heavy atom. The van der Waals surface area contributed by atoms with Crippen LogP contribution in [0.25, 0.3) is 0 Å². The molecule has 0 saturated carbocycles. The third kappa shape index (κ3) is 9.65. The van der Waals surface area contributed by atoms with E-state index in [1.54, 1.807) is 0 Å². The predicted molar refractivity (Wildman–Crippen MR) is 22.4 cm³/mol. The molecule has 0 atom stereocenters. The summed E-state index contributed by atoms with van der Waals surface area (Å²) in [6, 6.07) is 0. The maximum absolute atomic E-state index is 9.10. The van der Waals surface area contributed by atoms with Crippen LogP contribution < -0.4 is 0 Å². The number of rotatable bonds is 0.